The summed E-state index contributed by atoms with van der Waals surface area (Å²) in [7, 11) is 0. The third kappa shape index (κ3) is 7.13. The molecule has 3 aromatic carbocycles. The van der Waals surface area contributed by atoms with Crippen molar-refractivity contribution in [1.29, 1.82) is 0 Å². The minimum absolute atomic E-state index is 0.0406. The molecule has 0 aliphatic carbocycles. The number of phenolic OH excluding ortho intramolecular Hbond substituents is 1. The Morgan fingerprint density at radius 2 is 1.77 bits per heavy atom. The second-order valence-electron chi connectivity index (χ2n) is 10.9. The number of aliphatic hydroxyl groups excluding tert-OH is 1. The van der Waals surface area contributed by atoms with E-state index < -0.39 is 6.10 Å². The van der Waals surface area contributed by atoms with Gasteiger partial charge in [0, 0.05) is 35.6 Å². The third-order valence-corrected chi connectivity index (χ3v) is 7.15. The summed E-state index contributed by atoms with van der Waals surface area (Å²) in [5.74, 6) is -0.139. The topological polar surface area (TPSA) is 114 Å². The molecule has 0 aliphatic heterocycles. The molecule has 0 fully saturated rings. The summed E-state index contributed by atoms with van der Waals surface area (Å²) in [6, 6.07) is 20.1. The summed E-state index contributed by atoms with van der Waals surface area (Å²) in [6.45, 7) is 9.11. The first-order chi connectivity index (χ1) is 18.5. The summed E-state index contributed by atoms with van der Waals surface area (Å²) in [5, 5.41) is 28.1. The van der Waals surface area contributed by atoms with Gasteiger partial charge in [0.25, 0.3) is 5.91 Å². The van der Waals surface area contributed by atoms with Crippen molar-refractivity contribution in [1.82, 2.24) is 15.6 Å². The standard InChI is InChI=1S/C32H37N3O4/c1-20-8-9-22(16-21(20)2)14-15-33-31(39)24-7-5-6-23(17-24)18-32(3,4)34-19-28(37)25-10-12-27(36)30-26(25)11-13-29(38)35-30/h5-13,16-17,28,34,36-37H,14-15,18-19H2,1-4H3,(H,33,39)(H,35,38)/t28-/m0/s1. The smallest absolute Gasteiger partial charge is 0.251 e. The molecule has 4 aromatic rings. The van der Waals surface area contributed by atoms with Crippen LogP contribution in [0.2, 0.25) is 0 Å². The largest absolute Gasteiger partial charge is 0.506 e. The van der Waals surface area contributed by atoms with Gasteiger partial charge in [-0.2, -0.15) is 0 Å². The van der Waals surface area contributed by atoms with E-state index in [0.29, 0.717) is 35.0 Å². The number of fused-ring (bicyclic) bond motifs is 1. The van der Waals surface area contributed by atoms with Crippen molar-refractivity contribution in [3.63, 3.8) is 0 Å². The van der Waals surface area contributed by atoms with E-state index in [-0.39, 0.29) is 29.3 Å². The van der Waals surface area contributed by atoms with Crippen LogP contribution in [0.5, 0.6) is 5.75 Å². The van der Waals surface area contributed by atoms with Gasteiger partial charge in [-0.25, -0.2) is 0 Å². The Hall–Kier alpha value is -3.94. The number of nitrogens with one attached hydrogen (secondary N) is 3. The number of aliphatic hydroxyl groups is 1. The summed E-state index contributed by atoms with van der Waals surface area (Å²) in [6.07, 6.45) is 0.568. The van der Waals surface area contributed by atoms with Crippen molar-refractivity contribution < 1.29 is 15.0 Å². The highest BCUT2D eigenvalue weighted by Gasteiger charge is 2.22. The minimum atomic E-state index is -0.854. The van der Waals surface area contributed by atoms with Gasteiger partial charge in [0.1, 0.15) is 5.75 Å². The van der Waals surface area contributed by atoms with E-state index in [1.165, 1.54) is 28.8 Å². The second kappa shape index (κ2) is 11.8. The Bertz CT molecular complexity index is 1540. The van der Waals surface area contributed by atoms with Gasteiger partial charge in [0.15, 0.2) is 0 Å². The maximum atomic E-state index is 12.8. The number of benzene rings is 3. The Kier molecular flexibility index (Phi) is 8.53. The lowest BCUT2D eigenvalue weighted by Crippen LogP contribution is -2.43. The van der Waals surface area contributed by atoms with Crippen LogP contribution in [0.1, 0.15) is 58.1 Å². The number of carbonyl (C=O) groups is 1. The van der Waals surface area contributed by atoms with Gasteiger partial charge in [0.05, 0.1) is 11.6 Å². The zero-order valence-electron chi connectivity index (χ0n) is 23.0. The van der Waals surface area contributed by atoms with Crippen LogP contribution in [0.4, 0.5) is 0 Å². The summed E-state index contributed by atoms with van der Waals surface area (Å²) in [5.41, 5.74) is 5.58. The first-order valence-electron chi connectivity index (χ1n) is 13.2. The van der Waals surface area contributed by atoms with Crippen molar-refractivity contribution in [2.75, 3.05) is 13.1 Å². The Morgan fingerprint density at radius 3 is 2.54 bits per heavy atom. The van der Waals surface area contributed by atoms with Crippen molar-refractivity contribution in [2.24, 2.45) is 0 Å². The van der Waals surface area contributed by atoms with Crippen molar-refractivity contribution in [3.8, 4) is 5.75 Å². The highest BCUT2D eigenvalue weighted by atomic mass is 16.3. The first kappa shape index (κ1) is 28.1. The quantitative estimate of drug-likeness (QED) is 0.209. The molecule has 5 N–H and O–H groups in total. The molecule has 0 bridgehead atoms. The molecule has 7 nitrogen and oxygen atoms in total. The molecular weight excluding hydrogens is 490 g/mol. The van der Waals surface area contributed by atoms with Crippen LogP contribution >= 0.6 is 0 Å². The molecule has 0 radical (unpaired) electrons. The molecule has 1 aromatic heterocycles. The first-order valence-corrected chi connectivity index (χ1v) is 13.2. The van der Waals surface area contributed by atoms with Gasteiger partial charge in [-0.3, -0.25) is 9.59 Å². The van der Waals surface area contributed by atoms with E-state index in [2.05, 4.69) is 47.7 Å². The number of H-pyrrole nitrogens is 1. The average Bonchev–Trinajstić information content (AvgIpc) is 2.90. The van der Waals surface area contributed by atoms with E-state index in [4.69, 9.17) is 0 Å². The van der Waals surface area contributed by atoms with Crippen LogP contribution in [0.3, 0.4) is 0 Å². The van der Waals surface area contributed by atoms with Gasteiger partial charge in [-0.1, -0.05) is 36.4 Å². The normalized spacial score (nSPS) is 12.4. The molecule has 1 amide bonds. The fourth-order valence-corrected chi connectivity index (χ4v) is 4.81. The Balaban J connectivity index is 1.35. The number of pyridine rings is 1. The van der Waals surface area contributed by atoms with Crippen LogP contribution in [0.15, 0.2) is 71.5 Å². The van der Waals surface area contributed by atoms with Gasteiger partial charge >= 0.3 is 0 Å². The molecule has 4 rings (SSSR count). The molecule has 0 saturated carbocycles. The molecule has 0 saturated heterocycles. The molecule has 39 heavy (non-hydrogen) atoms. The fourth-order valence-electron chi connectivity index (χ4n) is 4.81. The van der Waals surface area contributed by atoms with Crippen LogP contribution < -0.4 is 16.2 Å². The number of hydrogen-bond donors (Lipinski definition) is 5. The summed E-state index contributed by atoms with van der Waals surface area (Å²) >= 11 is 0. The van der Waals surface area contributed by atoms with E-state index >= 15 is 0 Å². The number of rotatable bonds is 10. The summed E-state index contributed by atoms with van der Waals surface area (Å²) in [4.78, 5) is 27.1. The lowest BCUT2D eigenvalue weighted by molar-refractivity contribution is 0.0954. The highest BCUT2D eigenvalue weighted by molar-refractivity contribution is 5.94. The predicted molar refractivity (Wildman–Crippen MR) is 155 cm³/mol. The molecule has 1 atom stereocenters. The number of hydrogen-bond acceptors (Lipinski definition) is 5. The van der Waals surface area contributed by atoms with E-state index in [9.17, 15) is 19.8 Å². The zero-order chi connectivity index (χ0) is 28.2. The molecule has 0 unspecified atom stereocenters. The predicted octanol–water partition coefficient (Wildman–Crippen LogP) is 4.47. The van der Waals surface area contributed by atoms with Crippen LogP contribution in [0.25, 0.3) is 10.9 Å². The van der Waals surface area contributed by atoms with Crippen molar-refractivity contribution in [3.05, 3.63) is 110 Å². The fraction of sp³-hybridized carbons (Fsp3) is 0.312. The Labute approximate surface area is 228 Å². The maximum absolute atomic E-state index is 12.8. The van der Waals surface area contributed by atoms with Crippen LogP contribution in [-0.2, 0) is 12.8 Å². The number of aromatic amines is 1. The molecule has 0 spiro atoms. The van der Waals surface area contributed by atoms with E-state index in [0.717, 1.165) is 12.0 Å². The van der Waals surface area contributed by atoms with Gasteiger partial charge in [0.2, 0.25) is 5.56 Å². The number of aromatic hydroxyl groups is 1. The van der Waals surface area contributed by atoms with Crippen LogP contribution in [0, 0.1) is 13.8 Å². The molecule has 7 heteroatoms. The second-order valence-corrected chi connectivity index (χ2v) is 10.9. The number of amides is 1. The van der Waals surface area contributed by atoms with Gasteiger partial charge in [-0.15, -0.1) is 0 Å². The minimum Gasteiger partial charge on any atom is -0.506 e. The molecule has 204 valence electrons. The Morgan fingerprint density at radius 1 is 0.974 bits per heavy atom. The number of phenols is 1. The van der Waals surface area contributed by atoms with Crippen LogP contribution in [-0.4, -0.2) is 39.7 Å². The maximum Gasteiger partial charge on any atom is 0.251 e. The third-order valence-electron chi connectivity index (χ3n) is 7.15. The van der Waals surface area contributed by atoms with Gasteiger partial charge < -0.3 is 25.8 Å². The summed E-state index contributed by atoms with van der Waals surface area (Å²) < 4.78 is 0. The number of carbonyl (C=O) groups excluding carboxylic acids is 1. The molecule has 1 heterocycles. The zero-order valence-corrected chi connectivity index (χ0v) is 23.0. The SMILES string of the molecule is Cc1ccc(CCNC(=O)c2cccc(CC(C)(C)NC[C@H](O)c3ccc(O)c4[nH]c(=O)ccc34)c2)cc1C. The molecule has 0 aliphatic rings. The highest BCUT2D eigenvalue weighted by Crippen LogP contribution is 2.29. The number of β-amino-alcohol motifs (C(OH)–C–C–N with tert-alkyl or cyclic N) is 1. The van der Waals surface area contributed by atoms with E-state index in [1.54, 1.807) is 12.1 Å². The molecular formula is C32H37N3O4. The monoisotopic (exact) mass is 527 g/mol. The lowest BCUT2D eigenvalue weighted by Gasteiger charge is -2.28. The van der Waals surface area contributed by atoms with Crippen molar-refractivity contribution in [2.45, 2.75) is 52.2 Å². The number of aryl methyl sites for hydroxylation is 2. The van der Waals surface area contributed by atoms with Crippen molar-refractivity contribution >= 4 is 16.8 Å². The van der Waals surface area contributed by atoms with Gasteiger partial charge in [-0.05, 0) is 92.6 Å². The van der Waals surface area contributed by atoms with E-state index in [1.807, 2.05) is 38.1 Å². The average molecular weight is 528 g/mol. The number of aromatic nitrogens is 1. The lowest BCUT2D eigenvalue weighted by atomic mass is 9.93.